The Labute approximate surface area is 212 Å². The molecule has 1 fully saturated rings. The molecule has 0 saturated heterocycles. The second-order valence-electron chi connectivity index (χ2n) is 8.28. The van der Waals surface area contributed by atoms with E-state index in [1.807, 2.05) is 0 Å². The van der Waals surface area contributed by atoms with E-state index in [1.54, 1.807) is 13.0 Å². The summed E-state index contributed by atoms with van der Waals surface area (Å²) in [5, 5.41) is 5.52. The fourth-order valence-electron chi connectivity index (χ4n) is 3.50. The van der Waals surface area contributed by atoms with Gasteiger partial charge in [0.25, 0.3) is 0 Å². The number of nitrogens with zero attached hydrogens (tertiary/aromatic N) is 3. The first kappa shape index (κ1) is 25.8. The van der Waals surface area contributed by atoms with E-state index in [1.165, 1.54) is 20.4 Å². The Bertz CT molecular complexity index is 1400. The minimum atomic E-state index is -4.02. The number of aromatic amines is 1. The van der Waals surface area contributed by atoms with Crippen LogP contribution in [0, 0.1) is 5.82 Å². The number of rotatable bonds is 9. The molecule has 1 aromatic carbocycles. The summed E-state index contributed by atoms with van der Waals surface area (Å²) in [7, 11) is -1.52. The van der Waals surface area contributed by atoms with E-state index in [9.17, 15) is 17.6 Å². The first-order chi connectivity index (χ1) is 17.1. The monoisotopic (exact) mass is 537 g/mol. The van der Waals surface area contributed by atoms with Gasteiger partial charge in [-0.2, -0.15) is 0 Å². The van der Waals surface area contributed by atoms with Crippen molar-refractivity contribution < 1.29 is 22.3 Å². The van der Waals surface area contributed by atoms with Crippen LogP contribution in [0.4, 0.5) is 15.1 Å². The van der Waals surface area contributed by atoms with Crippen LogP contribution in [0.15, 0.2) is 29.3 Å². The van der Waals surface area contributed by atoms with Crippen LogP contribution < -0.4 is 15.4 Å². The predicted octanol–water partition coefficient (Wildman–Crippen LogP) is 3.27. The lowest BCUT2D eigenvalue weighted by atomic mass is 10.1. The van der Waals surface area contributed by atoms with E-state index in [4.69, 9.17) is 11.6 Å². The Morgan fingerprint density at radius 3 is 2.75 bits per heavy atom. The highest BCUT2D eigenvalue weighted by Crippen LogP contribution is 2.43. The van der Waals surface area contributed by atoms with Crippen LogP contribution in [0.2, 0.25) is 5.02 Å². The van der Waals surface area contributed by atoms with Gasteiger partial charge in [0, 0.05) is 30.3 Å². The highest BCUT2D eigenvalue weighted by molar-refractivity contribution is 7.89. The summed E-state index contributed by atoms with van der Waals surface area (Å²) in [6.45, 7) is 2.11. The largest absolute Gasteiger partial charge is 0.453 e. The van der Waals surface area contributed by atoms with Crippen LogP contribution in [0.5, 0.6) is 0 Å². The number of amides is 1. The Balaban J connectivity index is 1.73. The lowest BCUT2D eigenvalue weighted by Crippen LogP contribution is -2.37. The lowest BCUT2D eigenvalue weighted by molar-refractivity contribution is 0.168. The van der Waals surface area contributed by atoms with Crippen LogP contribution in [0.1, 0.15) is 31.5 Å². The molecule has 1 saturated carbocycles. The van der Waals surface area contributed by atoms with Crippen LogP contribution in [0.25, 0.3) is 22.6 Å². The molecule has 4 rings (SSSR count). The van der Waals surface area contributed by atoms with Gasteiger partial charge in [-0.1, -0.05) is 11.6 Å². The summed E-state index contributed by atoms with van der Waals surface area (Å²) in [5.41, 5.74) is 1.28. The van der Waals surface area contributed by atoms with Crippen molar-refractivity contribution in [3.63, 3.8) is 0 Å². The molecule has 0 radical (unpaired) electrons. The maximum Gasteiger partial charge on any atom is 0.407 e. The molecular formula is C22H25ClFN7O4S. The Kier molecular flexibility index (Phi) is 7.43. The molecule has 0 aliphatic heterocycles. The van der Waals surface area contributed by atoms with Crippen LogP contribution in [0.3, 0.4) is 0 Å². The third-order valence-electron chi connectivity index (χ3n) is 5.53. The molecule has 3 aromatic rings. The van der Waals surface area contributed by atoms with Crippen molar-refractivity contribution in [3.05, 3.63) is 41.1 Å². The minimum absolute atomic E-state index is 0.118. The van der Waals surface area contributed by atoms with E-state index >= 15 is 0 Å². The van der Waals surface area contributed by atoms with Crippen molar-refractivity contribution in [1.82, 2.24) is 30.0 Å². The van der Waals surface area contributed by atoms with Crippen molar-refractivity contribution in [2.75, 3.05) is 26.0 Å². The number of halogens is 2. The summed E-state index contributed by atoms with van der Waals surface area (Å²) in [6.07, 6.45) is 2.88. The molecule has 0 bridgehead atoms. The van der Waals surface area contributed by atoms with Crippen LogP contribution in [-0.2, 0) is 14.8 Å². The second-order valence-corrected chi connectivity index (χ2v) is 10.5. The molecule has 14 heteroatoms. The van der Waals surface area contributed by atoms with Gasteiger partial charge in [0.2, 0.25) is 16.0 Å². The van der Waals surface area contributed by atoms with Crippen molar-refractivity contribution in [3.8, 4) is 22.6 Å². The minimum Gasteiger partial charge on any atom is -0.453 e. The molecule has 36 heavy (non-hydrogen) atoms. The number of anilines is 1. The van der Waals surface area contributed by atoms with Gasteiger partial charge in [0.05, 0.1) is 29.2 Å². The number of sulfonamides is 1. The molecule has 0 spiro atoms. The number of ether oxygens (including phenoxy) is 1. The fraction of sp³-hybridized carbons (Fsp3) is 0.364. The zero-order valence-electron chi connectivity index (χ0n) is 19.7. The summed E-state index contributed by atoms with van der Waals surface area (Å²) >= 11 is 6.48. The predicted molar refractivity (Wildman–Crippen MR) is 132 cm³/mol. The number of H-pyrrole nitrogens is 1. The van der Waals surface area contributed by atoms with Gasteiger partial charge >= 0.3 is 6.09 Å². The summed E-state index contributed by atoms with van der Waals surface area (Å²) < 4.78 is 46.2. The van der Waals surface area contributed by atoms with Gasteiger partial charge in [-0.15, -0.1) is 0 Å². The van der Waals surface area contributed by atoms with Gasteiger partial charge in [-0.25, -0.2) is 37.3 Å². The first-order valence-corrected chi connectivity index (χ1v) is 12.9. The van der Waals surface area contributed by atoms with Crippen molar-refractivity contribution in [1.29, 1.82) is 0 Å². The number of hydrogen-bond acceptors (Lipinski definition) is 8. The molecule has 0 unspecified atom stereocenters. The smallest absolute Gasteiger partial charge is 0.407 e. The average molecular weight is 538 g/mol. The highest BCUT2D eigenvalue weighted by atomic mass is 35.5. The number of alkyl carbamates (subject to hydrolysis) is 1. The fourth-order valence-corrected chi connectivity index (χ4v) is 4.84. The van der Waals surface area contributed by atoms with Crippen LogP contribution >= 0.6 is 11.6 Å². The number of benzene rings is 1. The molecule has 4 N–H and O–H groups in total. The van der Waals surface area contributed by atoms with Crippen molar-refractivity contribution in [2.24, 2.45) is 0 Å². The average Bonchev–Trinajstić information content (AvgIpc) is 3.62. The number of carbonyl (C=O) groups excluding carboxylic acids is 1. The standard InChI is InChI=1S/C22H25ClFN7O4S/c1-11(28-22(32)35-3)10-27-21-26-7-6-15(29-21)19-18(30-20(31-19)12-4-5-12)14-8-13(24)9-16(17(14)23)36(33,34)25-2/h6-9,11-12,25H,4-5,10H2,1-3H3,(H,28,32)(H,30,31)(H,26,27,29)/t11-/m1/s1. The molecule has 2 aromatic heterocycles. The number of methoxy groups -OCH3 is 1. The zero-order valence-corrected chi connectivity index (χ0v) is 21.3. The molecule has 2 heterocycles. The lowest BCUT2D eigenvalue weighted by Gasteiger charge is -2.14. The Morgan fingerprint density at radius 2 is 2.08 bits per heavy atom. The third-order valence-corrected chi connectivity index (χ3v) is 7.49. The second kappa shape index (κ2) is 10.4. The normalized spacial score (nSPS) is 14.4. The van der Waals surface area contributed by atoms with E-state index in [0.717, 1.165) is 25.0 Å². The SMILES string of the molecule is CNS(=O)(=O)c1cc(F)cc(-c2nc(C3CC3)[nH]c2-c2ccnc(NC[C@@H](C)NC(=O)OC)n2)c1Cl. The highest BCUT2D eigenvalue weighted by Gasteiger charge is 2.31. The quantitative estimate of drug-likeness (QED) is 0.324. The van der Waals surface area contributed by atoms with E-state index in [-0.39, 0.29) is 39.1 Å². The Hall–Kier alpha value is -3.29. The summed E-state index contributed by atoms with van der Waals surface area (Å²) in [6, 6.07) is 3.39. The van der Waals surface area contributed by atoms with Gasteiger partial charge in [-0.05, 0) is 45.0 Å². The zero-order chi connectivity index (χ0) is 26.0. The Morgan fingerprint density at radius 1 is 1.33 bits per heavy atom. The summed E-state index contributed by atoms with van der Waals surface area (Å²) in [5.74, 6) is 0.406. The maximum absolute atomic E-state index is 14.6. The third kappa shape index (κ3) is 5.58. The van der Waals surface area contributed by atoms with Gasteiger partial charge in [0.15, 0.2) is 0 Å². The molecule has 11 nitrogen and oxygen atoms in total. The maximum atomic E-state index is 14.6. The van der Waals surface area contributed by atoms with Crippen molar-refractivity contribution in [2.45, 2.75) is 36.6 Å². The van der Waals surface area contributed by atoms with E-state index in [0.29, 0.717) is 23.8 Å². The number of imidazole rings is 1. The molecule has 1 amide bonds. The topological polar surface area (TPSA) is 151 Å². The van der Waals surface area contributed by atoms with Crippen LogP contribution in [-0.4, -0.2) is 61.2 Å². The van der Waals surface area contributed by atoms with Gasteiger partial charge in [-0.3, -0.25) is 0 Å². The molecule has 1 aliphatic rings. The van der Waals surface area contributed by atoms with Gasteiger partial charge < -0.3 is 20.4 Å². The molecular weight excluding hydrogens is 513 g/mol. The molecule has 1 aliphatic carbocycles. The first-order valence-electron chi connectivity index (χ1n) is 11.1. The number of hydrogen-bond donors (Lipinski definition) is 4. The molecule has 1 atom stereocenters. The number of carbonyl (C=O) groups is 1. The number of nitrogens with one attached hydrogen (secondary N) is 4. The van der Waals surface area contributed by atoms with Gasteiger partial charge in [0.1, 0.15) is 16.5 Å². The number of aromatic nitrogens is 4. The molecule has 192 valence electrons. The summed E-state index contributed by atoms with van der Waals surface area (Å²) in [4.78, 5) is 27.6. The van der Waals surface area contributed by atoms with E-state index < -0.39 is 21.9 Å². The van der Waals surface area contributed by atoms with Crippen molar-refractivity contribution >= 4 is 33.7 Å². The van der Waals surface area contributed by atoms with E-state index in [2.05, 4.69) is 40.0 Å².